The Labute approximate surface area is 211 Å². The smallest absolute Gasteiger partial charge is 0.342 e. The Morgan fingerprint density at radius 2 is 1.61 bits per heavy atom. The molecule has 0 amide bonds. The standard InChI is InChI=1S/C30H29NO5/c1-21(32)36-27-13-8-22-20-30(23-6-4-3-5-7-23,15-14-26(22)28(27)29(33)34-2)24-9-11-25(12-10-24)31-16-18-35-19-17-31/h3-15H,16-20H2,1-2H3. The van der Waals surface area contributed by atoms with Crippen LogP contribution in [0.1, 0.15) is 39.5 Å². The molecule has 1 aliphatic heterocycles. The maximum absolute atomic E-state index is 12.7. The van der Waals surface area contributed by atoms with Gasteiger partial charge in [0.25, 0.3) is 0 Å². The van der Waals surface area contributed by atoms with Crippen LogP contribution in [0.4, 0.5) is 5.69 Å². The van der Waals surface area contributed by atoms with Gasteiger partial charge in [0.05, 0.1) is 20.3 Å². The first-order valence-electron chi connectivity index (χ1n) is 12.1. The molecule has 0 saturated carbocycles. The third-order valence-corrected chi connectivity index (χ3v) is 6.99. The summed E-state index contributed by atoms with van der Waals surface area (Å²) in [7, 11) is 1.33. The average molecular weight is 484 g/mol. The van der Waals surface area contributed by atoms with Crippen LogP contribution in [0.25, 0.3) is 6.08 Å². The molecule has 36 heavy (non-hydrogen) atoms. The van der Waals surface area contributed by atoms with Gasteiger partial charge in [-0.05, 0) is 46.9 Å². The number of ether oxygens (including phenoxy) is 3. The first kappa shape index (κ1) is 23.8. The van der Waals surface area contributed by atoms with E-state index in [1.807, 2.05) is 30.3 Å². The van der Waals surface area contributed by atoms with Crippen molar-refractivity contribution >= 4 is 23.7 Å². The van der Waals surface area contributed by atoms with E-state index in [-0.39, 0.29) is 11.3 Å². The molecule has 1 saturated heterocycles. The van der Waals surface area contributed by atoms with Crippen LogP contribution < -0.4 is 9.64 Å². The summed E-state index contributed by atoms with van der Waals surface area (Å²) in [6.45, 7) is 4.58. The molecule has 6 heteroatoms. The van der Waals surface area contributed by atoms with E-state index in [1.165, 1.54) is 19.7 Å². The van der Waals surface area contributed by atoms with Gasteiger partial charge < -0.3 is 19.1 Å². The molecule has 0 N–H and O–H groups in total. The number of nitrogens with zero attached hydrogens (tertiary/aromatic N) is 1. The highest BCUT2D eigenvalue weighted by Crippen LogP contribution is 2.44. The van der Waals surface area contributed by atoms with Crippen molar-refractivity contribution in [1.29, 1.82) is 0 Å². The number of fused-ring (bicyclic) bond motifs is 1. The average Bonchev–Trinajstić information content (AvgIpc) is 2.93. The second kappa shape index (κ2) is 9.99. The van der Waals surface area contributed by atoms with Crippen LogP contribution >= 0.6 is 0 Å². The summed E-state index contributed by atoms with van der Waals surface area (Å²) < 4.78 is 15.9. The summed E-state index contributed by atoms with van der Waals surface area (Å²) in [5.74, 6) is -0.812. The number of anilines is 1. The van der Waals surface area contributed by atoms with Crippen molar-refractivity contribution in [2.45, 2.75) is 18.8 Å². The molecule has 5 rings (SSSR count). The number of carbonyl (C=O) groups excluding carboxylic acids is 2. The second-order valence-corrected chi connectivity index (χ2v) is 9.09. The van der Waals surface area contributed by atoms with E-state index in [9.17, 15) is 9.59 Å². The number of hydrogen-bond donors (Lipinski definition) is 0. The largest absolute Gasteiger partial charge is 0.465 e. The number of hydrogen-bond acceptors (Lipinski definition) is 6. The Bertz CT molecular complexity index is 1290. The predicted octanol–water partition coefficient (Wildman–Crippen LogP) is 4.79. The molecule has 1 aliphatic carbocycles. The number of allylic oxidation sites excluding steroid dienone is 1. The number of morpholine rings is 1. The van der Waals surface area contributed by atoms with Gasteiger partial charge in [-0.1, -0.05) is 60.7 Å². The molecule has 3 aromatic rings. The van der Waals surface area contributed by atoms with Crippen LogP contribution in [-0.4, -0.2) is 45.4 Å². The third-order valence-electron chi connectivity index (χ3n) is 6.99. The minimum atomic E-state index is -0.533. The second-order valence-electron chi connectivity index (χ2n) is 9.09. The molecule has 3 aromatic carbocycles. The highest BCUT2D eigenvalue weighted by atomic mass is 16.5. The molecule has 0 aromatic heterocycles. The minimum absolute atomic E-state index is 0.208. The maximum atomic E-state index is 12.7. The molecular formula is C30H29NO5. The minimum Gasteiger partial charge on any atom is -0.465 e. The fraction of sp³-hybridized carbons (Fsp3) is 0.267. The molecule has 0 radical (unpaired) electrons. The Morgan fingerprint density at radius 3 is 2.28 bits per heavy atom. The SMILES string of the molecule is COC(=O)c1c(OC(C)=O)ccc2c1C=CC(c1ccccc1)(c1ccc(N3CCOCC3)cc1)C2. The van der Waals surface area contributed by atoms with Crippen molar-refractivity contribution in [3.63, 3.8) is 0 Å². The molecule has 184 valence electrons. The van der Waals surface area contributed by atoms with Crippen LogP contribution in [-0.2, 0) is 26.1 Å². The Kier molecular flexibility index (Phi) is 6.61. The van der Waals surface area contributed by atoms with Crippen molar-refractivity contribution in [1.82, 2.24) is 0 Å². The lowest BCUT2D eigenvalue weighted by Crippen LogP contribution is -2.36. The summed E-state index contributed by atoms with van der Waals surface area (Å²) >= 11 is 0. The quantitative estimate of drug-likeness (QED) is 0.384. The lowest BCUT2D eigenvalue weighted by molar-refractivity contribution is -0.131. The molecule has 1 unspecified atom stereocenters. The van der Waals surface area contributed by atoms with Gasteiger partial charge in [0.1, 0.15) is 11.3 Å². The number of methoxy groups -OCH3 is 1. The van der Waals surface area contributed by atoms with Crippen LogP contribution in [0.5, 0.6) is 5.75 Å². The van der Waals surface area contributed by atoms with Gasteiger partial charge in [0.15, 0.2) is 0 Å². The summed E-state index contributed by atoms with van der Waals surface area (Å²) in [6.07, 6.45) is 4.75. The molecule has 6 nitrogen and oxygen atoms in total. The topological polar surface area (TPSA) is 65.1 Å². The monoisotopic (exact) mass is 483 g/mol. The van der Waals surface area contributed by atoms with Gasteiger partial charge in [0, 0.05) is 31.1 Å². The number of benzene rings is 3. The summed E-state index contributed by atoms with van der Waals surface area (Å²) in [5.41, 5.74) is 5.06. The molecule has 0 bridgehead atoms. The summed E-state index contributed by atoms with van der Waals surface area (Å²) in [6, 6.07) is 22.8. The van der Waals surface area contributed by atoms with E-state index in [0.29, 0.717) is 6.42 Å². The third kappa shape index (κ3) is 4.40. The lowest BCUT2D eigenvalue weighted by atomic mass is 9.67. The highest BCUT2D eigenvalue weighted by Gasteiger charge is 2.37. The van der Waals surface area contributed by atoms with Gasteiger partial charge in [0.2, 0.25) is 0 Å². The van der Waals surface area contributed by atoms with Crippen LogP contribution in [0, 0.1) is 0 Å². The van der Waals surface area contributed by atoms with E-state index in [0.717, 1.165) is 48.6 Å². The molecule has 1 heterocycles. The number of esters is 2. The molecule has 2 aliphatic rings. The maximum Gasteiger partial charge on any atom is 0.342 e. The highest BCUT2D eigenvalue weighted by molar-refractivity contribution is 5.98. The normalized spacial score (nSPS) is 18.9. The zero-order valence-corrected chi connectivity index (χ0v) is 20.5. The zero-order valence-electron chi connectivity index (χ0n) is 20.5. The molecular weight excluding hydrogens is 454 g/mol. The summed E-state index contributed by atoms with van der Waals surface area (Å²) in [4.78, 5) is 26.7. The fourth-order valence-electron chi connectivity index (χ4n) is 5.21. The van der Waals surface area contributed by atoms with Crippen LogP contribution in [0.3, 0.4) is 0 Å². The lowest BCUT2D eigenvalue weighted by Gasteiger charge is -2.37. The van der Waals surface area contributed by atoms with Crippen molar-refractivity contribution < 1.29 is 23.8 Å². The number of rotatable bonds is 5. The van der Waals surface area contributed by atoms with Gasteiger partial charge in [-0.3, -0.25) is 4.79 Å². The van der Waals surface area contributed by atoms with Gasteiger partial charge in [-0.2, -0.15) is 0 Å². The Hall–Kier alpha value is -3.90. The Morgan fingerprint density at radius 1 is 0.917 bits per heavy atom. The first-order chi connectivity index (χ1) is 17.5. The molecule has 1 atom stereocenters. The number of carbonyl (C=O) groups is 2. The Balaban J connectivity index is 1.60. The van der Waals surface area contributed by atoms with Gasteiger partial charge in [-0.15, -0.1) is 0 Å². The van der Waals surface area contributed by atoms with E-state index in [1.54, 1.807) is 6.07 Å². The van der Waals surface area contributed by atoms with Crippen molar-refractivity contribution in [3.05, 3.63) is 101 Å². The molecule has 0 spiro atoms. The van der Waals surface area contributed by atoms with E-state index in [2.05, 4.69) is 47.4 Å². The van der Waals surface area contributed by atoms with E-state index in [4.69, 9.17) is 14.2 Å². The van der Waals surface area contributed by atoms with Crippen molar-refractivity contribution in [3.8, 4) is 5.75 Å². The predicted molar refractivity (Wildman–Crippen MR) is 139 cm³/mol. The van der Waals surface area contributed by atoms with Gasteiger partial charge >= 0.3 is 11.9 Å². The van der Waals surface area contributed by atoms with Gasteiger partial charge in [-0.25, -0.2) is 4.79 Å². The van der Waals surface area contributed by atoms with E-state index >= 15 is 0 Å². The van der Waals surface area contributed by atoms with Crippen LogP contribution in [0.2, 0.25) is 0 Å². The first-order valence-corrected chi connectivity index (χ1v) is 12.1. The van der Waals surface area contributed by atoms with Crippen molar-refractivity contribution in [2.75, 3.05) is 38.3 Å². The van der Waals surface area contributed by atoms with Crippen LogP contribution in [0.15, 0.2) is 72.8 Å². The summed E-state index contributed by atoms with van der Waals surface area (Å²) in [5, 5.41) is 0. The zero-order chi connectivity index (χ0) is 25.1. The fourth-order valence-corrected chi connectivity index (χ4v) is 5.21. The van der Waals surface area contributed by atoms with E-state index < -0.39 is 17.4 Å². The molecule has 1 fully saturated rings. The van der Waals surface area contributed by atoms with Crippen molar-refractivity contribution in [2.24, 2.45) is 0 Å².